The van der Waals surface area contributed by atoms with Gasteiger partial charge >= 0.3 is 5.97 Å². The molecule has 0 bridgehead atoms. The van der Waals surface area contributed by atoms with Crippen LogP contribution in [0, 0.1) is 11.3 Å². The molecular weight excluding hydrogens is 310 g/mol. The number of anilines is 1. The lowest BCUT2D eigenvalue weighted by Gasteiger charge is -2.08. The third-order valence-corrected chi connectivity index (χ3v) is 3.92. The number of nitriles is 1. The lowest BCUT2D eigenvalue weighted by atomic mass is 10.2. The number of fused-ring (bicyclic) bond motifs is 1. The van der Waals surface area contributed by atoms with Crippen LogP contribution in [-0.2, 0) is 18.4 Å². The van der Waals surface area contributed by atoms with Crippen LogP contribution in [0.2, 0.25) is 0 Å². The zero-order valence-corrected chi connectivity index (χ0v) is 13.1. The van der Waals surface area contributed by atoms with Crippen LogP contribution >= 0.6 is 0 Å². The molecule has 1 aromatic carbocycles. The Hall–Kier alpha value is -3.31. The molecule has 3 rings (SSSR count). The van der Waals surface area contributed by atoms with Crippen molar-refractivity contribution in [3.05, 3.63) is 41.5 Å². The van der Waals surface area contributed by atoms with Crippen LogP contribution in [0.3, 0.4) is 0 Å². The molecular formula is C16H15N5O3. The number of hydrogen-bond acceptors (Lipinski definition) is 6. The lowest BCUT2D eigenvalue weighted by molar-refractivity contribution is 0.0593. The molecule has 0 fully saturated rings. The summed E-state index contributed by atoms with van der Waals surface area (Å²) in [5.41, 5.74) is 8.34. The van der Waals surface area contributed by atoms with E-state index in [1.165, 1.54) is 17.9 Å². The fraction of sp³-hybridized carbons (Fsp3) is 0.188. The van der Waals surface area contributed by atoms with E-state index < -0.39 is 5.97 Å². The topological polar surface area (TPSA) is 119 Å². The number of ether oxygens (including phenoxy) is 1. The number of aromatic nitrogens is 3. The molecule has 0 saturated heterocycles. The van der Waals surface area contributed by atoms with Crippen molar-refractivity contribution in [2.24, 2.45) is 7.05 Å². The monoisotopic (exact) mass is 325 g/mol. The van der Waals surface area contributed by atoms with Crippen molar-refractivity contribution < 1.29 is 14.6 Å². The average Bonchev–Trinajstić information content (AvgIpc) is 3.10. The van der Waals surface area contributed by atoms with Gasteiger partial charge in [-0.15, -0.1) is 0 Å². The number of methoxy groups -OCH3 is 1. The van der Waals surface area contributed by atoms with Gasteiger partial charge in [-0.2, -0.15) is 5.26 Å². The number of benzene rings is 1. The number of nitrogens with two attached hydrogens (primary N) is 1. The van der Waals surface area contributed by atoms with Crippen LogP contribution in [0.15, 0.2) is 24.4 Å². The van der Waals surface area contributed by atoms with E-state index in [0.717, 1.165) is 5.52 Å². The van der Waals surface area contributed by atoms with E-state index in [2.05, 4.69) is 4.98 Å². The highest BCUT2D eigenvalue weighted by Crippen LogP contribution is 2.26. The Morgan fingerprint density at radius 2 is 2.25 bits per heavy atom. The number of nitrogen functional groups attached to an aromatic ring is 1. The maximum atomic E-state index is 12.0. The SMILES string of the molecule is COC(=O)c1c(N)c(C#N)cn1-c1ccc2c(c1)nc(CO)n2C. The van der Waals surface area contributed by atoms with Crippen molar-refractivity contribution in [1.82, 2.24) is 14.1 Å². The first kappa shape index (κ1) is 15.6. The summed E-state index contributed by atoms with van der Waals surface area (Å²) < 4.78 is 8.05. The fourth-order valence-electron chi connectivity index (χ4n) is 2.65. The van der Waals surface area contributed by atoms with Gasteiger partial charge in [-0.3, -0.25) is 0 Å². The quantitative estimate of drug-likeness (QED) is 0.696. The van der Waals surface area contributed by atoms with Crippen molar-refractivity contribution in [2.75, 3.05) is 12.8 Å². The first-order chi connectivity index (χ1) is 11.5. The normalized spacial score (nSPS) is 10.8. The minimum atomic E-state index is -0.633. The van der Waals surface area contributed by atoms with E-state index >= 15 is 0 Å². The molecule has 3 aromatic rings. The number of aliphatic hydroxyl groups is 1. The number of rotatable bonds is 3. The van der Waals surface area contributed by atoms with Gasteiger partial charge in [-0.25, -0.2) is 9.78 Å². The summed E-state index contributed by atoms with van der Waals surface area (Å²) in [6.07, 6.45) is 1.48. The summed E-state index contributed by atoms with van der Waals surface area (Å²) in [6.45, 7) is -0.178. The third-order valence-electron chi connectivity index (χ3n) is 3.92. The van der Waals surface area contributed by atoms with Gasteiger partial charge < -0.3 is 24.7 Å². The van der Waals surface area contributed by atoms with Crippen molar-refractivity contribution in [2.45, 2.75) is 6.61 Å². The molecule has 0 unspecified atom stereocenters. The van der Waals surface area contributed by atoms with E-state index in [4.69, 9.17) is 15.7 Å². The molecule has 8 heteroatoms. The largest absolute Gasteiger partial charge is 0.464 e. The third kappa shape index (κ3) is 2.19. The van der Waals surface area contributed by atoms with Gasteiger partial charge in [0.25, 0.3) is 0 Å². The predicted molar refractivity (Wildman–Crippen MR) is 86.4 cm³/mol. The Kier molecular flexibility index (Phi) is 3.71. The Morgan fingerprint density at radius 1 is 1.50 bits per heavy atom. The molecule has 0 aliphatic heterocycles. The maximum Gasteiger partial charge on any atom is 0.357 e. The number of hydrogen-bond donors (Lipinski definition) is 2. The highest BCUT2D eigenvalue weighted by molar-refractivity contribution is 5.96. The van der Waals surface area contributed by atoms with Gasteiger partial charge in [0.1, 0.15) is 18.5 Å². The Labute approximate surface area is 137 Å². The molecule has 24 heavy (non-hydrogen) atoms. The molecule has 0 aliphatic rings. The van der Waals surface area contributed by atoms with Crippen LogP contribution in [-0.4, -0.2) is 32.3 Å². The van der Waals surface area contributed by atoms with Gasteiger partial charge in [0.05, 0.1) is 29.4 Å². The van der Waals surface area contributed by atoms with Crippen LogP contribution in [0.1, 0.15) is 21.9 Å². The smallest absolute Gasteiger partial charge is 0.357 e. The highest BCUT2D eigenvalue weighted by Gasteiger charge is 2.22. The summed E-state index contributed by atoms with van der Waals surface area (Å²) in [6, 6.07) is 7.30. The summed E-state index contributed by atoms with van der Waals surface area (Å²) in [5, 5.41) is 18.5. The number of aryl methyl sites for hydroxylation is 1. The minimum Gasteiger partial charge on any atom is -0.464 e. The number of esters is 1. The van der Waals surface area contributed by atoms with Gasteiger partial charge in [-0.05, 0) is 18.2 Å². The number of aliphatic hydroxyl groups excluding tert-OH is 1. The van der Waals surface area contributed by atoms with E-state index in [0.29, 0.717) is 17.0 Å². The number of nitrogens with zero attached hydrogens (tertiary/aromatic N) is 4. The number of imidazole rings is 1. The van der Waals surface area contributed by atoms with Crippen LogP contribution < -0.4 is 5.73 Å². The fourth-order valence-corrected chi connectivity index (χ4v) is 2.65. The van der Waals surface area contributed by atoms with Gasteiger partial charge in [0.2, 0.25) is 0 Å². The Bertz CT molecular complexity index is 993. The van der Waals surface area contributed by atoms with Gasteiger partial charge in [-0.1, -0.05) is 0 Å². The second kappa shape index (κ2) is 5.72. The zero-order chi connectivity index (χ0) is 17.4. The molecule has 0 radical (unpaired) electrons. The van der Waals surface area contributed by atoms with Crippen molar-refractivity contribution >= 4 is 22.7 Å². The van der Waals surface area contributed by atoms with Gasteiger partial charge in [0.15, 0.2) is 5.69 Å². The van der Waals surface area contributed by atoms with Gasteiger partial charge in [0, 0.05) is 18.9 Å². The molecule has 0 saturated carbocycles. The second-order valence-electron chi connectivity index (χ2n) is 5.20. The molecule has 122 valence electrons. The first-order valence-corrected chi connectivity index (χ1v) is 7.07. The van der Waals surface area contributed by atoms with Crippen molar-refractivity contribution in [3.63, 3.8) is 0 Å². The van der Waals surface area contributed by atoms with Crippen LogP contribution in [0.5, 0.6) is 0 Å². The number of carbonyl (C=O) groups is 1. The highest BCUT2D eigenvalue weighted by atomic mass is 16.5. The Morgan fingerprint density at radius 3 is 2.88 bits per heavy atom. The van der Waals surface area contributed by atoms with Crippen LogP contribution in [0.4, 0.5) is 5.69 Å². The standard InChI is InChI=1S/C16H15N5O3/c1-20-12-4-3-10(5-11(12)19-13(20)8-22)21-7-9(6-17)14(18)15(21)16(23)24-2/h3-5,7,22H,8,18H2,1-2H3. The molecule has 0 amide bonds. The van der Waals surface area contributed by atoms with Crippen LogP contribution in [0.25, 0.3) is 16.7 Å². The molecule has 2 aromatic heterocycles. The van der Waals surface area contributed by atoms with Crippen molar-refractivity contribution in [3.8, 4) is 11.8 Å². The Balaban J connectivity index is 2.24. The zero-order valence-electron chi connectivity index (χ0n) is 13.1. The first-order valence-electron chi connectivity index (χ1n) is 7.07. The van der Waals surface area contributed by atoms with Crippen molar-refractivity contribution in [1.29, 1.82) is 5.26 Å². The van der Waals surface area contributed by atoms with E-state index in [9.17, 15) is 9.90 Å². The predicted octanol–water partition coefficient (Wildman–Crippen LogP) is 1.10. The summed E-state index contributed by atoms with van der Waals surface area (Å²) in [4.78, 5) is 16.4. The molecule has 8 nitrogen and oxygen atoms in total. The minimum absolute atomic E-state index is 0.0708. The molecule has 2 heterocycles. The molecule has 0 atom stereocenters. The molecule has 0 aliphatic carbocycles. The maximum absolute atomic E-state index is 12.0. The number of carbonyl (C=O) groups excluding carboxylic acids is 1. The second-order valence-corrected chi connectivity index (χ2v) is 5.20. The van der Waals surface area contributed by atoms with E-state index in [1.807, 2.05) is 19.2 Å². The average molecular weight is 325 g/mol. The summed E-state index contributed by atoms with van der Waals surface area (Å²) >= 11 is 0. The molecule has 0 spiro atoms. The van der Waals surface area contributed by atoms with E-state index in [-0.39, 0.29) is 23.6 Å². The lowest BCUT2D eigenvalue weighted by Crippen LogP contribution is -2.11. The summed E-state index contributed by atoms with van der Waals surface area (Å²) in [5.74, 6) is -0.105. The molecule has 3 N–H and O–H groups in total. The van der Waals surface area contributed by atoms with E-state index in [1.54, 1.807) is 16.7 Å². The summed E-state index contributed by atoms with van der Waals surface area (Å²) in [7, 11) is 3.06.